The fourth-order valence-corrected chi connectivity index (χ4v) is 2.73. The van der Waals surface area contributed by atoms with Gasteiger partial charge in [0.1, 0.15) is 18.1 Å². The maximum Gasteiger partial charge on any atom is 0.338 e. The summed E-state index contributed by atoms with van der Waals surface area (Å²) in [5, 5.41) is 2.17. The van der Waals surface area contributed by atoms with Crippen LogP contribution in [0.25, 0.3) is 0 Å². The van der Waals surface area contributed by atoms with Crippen molar-refractivity contribution < 1.29 is 28.6 Å². The molecule has 0 heterocycles. The Hall–Kier alpha value is -4.13. The van der Waals surface area contributed by atoms with Crippen LogP contribution < -0.4 is 14.8 Å². The Bertz CT molecular complexity index is 1060. The number of para-hydroxylation sites is 1. The lowest BCUT2D eigenvalue weighted by molar-refractivity contribution is -0.123. The molecule has 2 amide bonds. The number of methoxy groups -OCH3 is 1. The summed E-state index contributed by atoms with van der Waals surface area (Å²) in [5.74, 6) is -1.27. The first-order valence-electron chi connectivity index (χ1n) is 9.48. The number of amides is 2. The molecule has 0 bridgehead atoms. The van der Waals surface area contributed by atoms with Crippen LogP contribution in [0.5, 0.6) is 11.5 Å². The van der Waals surface area contributed by atoms with E-state index >= 15 is 0 Å². The van der Waals surface area contributed by atoms with E-state index in [0.717, 1.165) is 5.56 Å². The van der Waals surface area contributed by atoms with Gasteiger partial charge in [0.05, 0.1) is 18.2 Å². The van der Waals surface area contributed by atoms with Crippen LogP contribution in [0.2, 0.25) is 0 Å². The molecule has 0 atom stereocenters. The fraction of sp³-hybridized carbons (Fsp3) is 0.125. The van der Waals surface area contributed by atoms with E-state index in [1.165, 1.54) is 19.2 Å². The van der Waals surface area contributed by atoms with Crippen LogP contribution in [0.1, 0.15) is 26.3 Å². The molecule has 7 nitrogen and oxygen atoms in total. The van der Waals surface area contributed by atoms with Crippen molar-refractivity contribution in [3.05, 3.63) is 95.6 Å². The van der Waals surface area contributed by atoms with Gasteiger partial charge >= 0.3 is 5.97 Å². The van der Waals surface area contributed by atoms with Gasteiger partial charge in [0.25, 0.3) is 11.8 Å². The Balaban J connectivity index is 1.52. The lowest BCUT2D eigenvalue weighted by Crippen LogP contribution is -2.34. The Kier molecular flexibility index (Phi) is 7.37. The van der Waals surface area contributed by atoms with Crippen LogP contribution in [0, 0.1) is 0 Å². The number of esters is 1. The van der Waals surface area contributed by atoms with Crippen molar-refractivity contribution >= 4 is 17.8 Å². The molecule has 0 spiro atoms. The second-order valence-corrected chi connectivity index (χ2v) is 6.46. The lowest BCUT2D eigenvalue weighted by atomic mass is 10.2. The SMILES string of the molecule is COc1ccccc1C(=O)NC(=O)COC(=O)c1cccc(OCc2ccccc2)c1. The molecule has 0 unspecified atom stereocenters. The monoisotopic (exact) mass is 419 g/mol. The van der Waals surface area contributed by atoms with Gasteiger partial charge in [-0.1, -0.05) is 48.5 Å². The van der Waals surface area contributed by atoms with Crippen LogP contribution in [-0.4, -0.2) is 31.5 Å². The van der Waals surface area contributed by atoms with Crippen molar-refractivity contribution in [2.45, 2.75) is 6.61 Å². The normalized spacial score (nSPS) is 10.1. The van der Waals surface area contributed by atoms with Crippen molar-refractivity contribution in [1.29, 1.82) is 0 Å². The molecule has 0 aliphatic heterocycles. The highest BCUT2D eigenvalue weighted by Gasteiger charge is 2.16. The van der Waals surface area contributed by atoms with Crippen molar-refractivity contribution in [2.75, 3.05) is 13.7 Å². The van der Waals surface area contributed by atoms with Crippen LogP contribution in [0.3, 0.4) is 0 Å². The number of nitrogens with one attached hydrogen (secondary N) is 1. The number of carbonyl (C=O) groups is 3. The third-order valence-corrected chi connectivity index (χ3v) is 4.26. The number of imide groups is 1. The number of hydrogen-bond donors (Lipinski definition) is 1. The Morgan fingerprint density at radius 2 is 1.61 bits per heavy atom. The maximum absolute atomic E-state index is 12.3. The molecule has 0 fully saturated rings. The van der Waals surface area contributed by atoms with Gasteiger partial charge in [-0.15, -0.1) is 0 Å². The molecule has 0 aliphatic carbocycles. The number of rotatable bonds is 8. The van der Waals surface area contributed by atoms with Crippen LogP contribution in [-0.2, 0) is 16.1 Å². The predicted octanol–water partition coefficient (Wildman–Crippen LogP) is 3.39. The quantitative estimate of drug-likeness (QED) is 0.563. The second-order valence-electron chi connectivity index (χ2n) is 6.46. The summed E-state index contributed by atoms with van der Waals surface area (Å²) in [5.41, 5.74) is 1.43. The minimum Gasteiger partial charge on any atom is -0.496 e. The molecule has 0 aromatic heterocycles. The van der Waals surface area contributed by atoms with E-state index in [1.807, 2.05) is 30.3 Å². The van der Waals surface area contributed by atoms with Crippen LogP contribution in [0.15, 0.2) is 78.9 Å². The number of carbonyl (C=O) groups excluding carboxylic acids is 3. The minimum atomic E-state index is -0.749. The molecule has 3 aromatic rings. The Labute approximate surface area is 179 Å². The van der Waals surface area contributed by atoms with Gasteiger partial charge in [-0.2, -0.15) is 0 Å². The molecule has 7 heteroatoms. The molecule has 31 heavy (non-hydrogen) atoms. The van der Waals surface area contributed by atoms with E-state index in [1.54, 1.807) is 36.4 Å². The number of hydrogen-bond acceptors (Lipinski definition) is 6. The molecule has 0 saturated carbocycles. The van der Waals surface area contributed by atoms with E-state index in [9.17, 15) is 14.4 Å². The number of benzene rings is 3. The van der Waals surface area contributed by atoms with Gasteiger partial charge in [-0.05, 0) is 35.9 Å². The van der Waals surface area contributed by atoms with Crippen molar-refractivity contribution in [3.8, 4) is 11.5 Å². The average molecular weight is 419 g/mol. The molecule has 0 saturated heterocycles. The van der Waals surface area contributed by atoms with E-state index in [4.69, 9.17) is 14.2 Å². The molecule has 3 rings (SSSR count). The first-order chi connectivity index (χ1) is 15.1. The van der Waals surface area contributed by atoms with Gasteiger partial charge in [-0.25, -0.2) is 4.79 Å². The summed E-state index contributed by atoms with van der Waals surface area (Å²) >= 11 is 0. The van der Waals surface area contributed by atoms with Crippen molar-refractivity contribution in [2.24, 2.45) is 0 Å². The van der Waals surface area contributed by atoms with Crippen LogP contribution in [0.4, 0.5) is 0 Å². The highest BCUT2D eigenvalue weighted by Crippen LogP contribution is 2.17. The van der Waals surface area contributed by atoms with Crippen LogP contribution >= 0.6 is 0 Å². The minimum absolute atomic E-state index is 0.202. The summed E-state index contributed by atoms with van der Waals surface area (Å²) < 4.78 is 15.8. The zero-order chi connectivity index (χ0) is 22.1. The molecule has 1 N–H and O–H groups in total. The van der Waals surface area contributed by atoms with E-state index < -0.39 is 24.4 Å². The largest absolute Gasteiger partial charge is 0.496 e. The zero-order valence-corrected chi connectivity index (χ0v) is 16.9. The Morgan fingerprint density at radius 1 is 0.871 bits per heavy atom. The Morgan fingerprint density at radius 3 is 2.39 bits per heavy atom. The molecule has 158 valence electrons. The maximum atomic E-state index is 12.3. The highest BCUT2D eigenvalue weighted by molar-refractivity contribution is 6.07. The predicted molar refractivity (Wildman–Crippen MR) is 113 cm³/mol. The number of ether oxygens (including phenoxy) is 3. The zero-order valence-electron chi connectivity index (χ0n) is 16.9. The first kappa shape index (κ1) is 21.6. The first-order valence-corrected chi connectivity index (χ1v) is 9.48. The summed E-state index contributed by atoms with van der Waals surface area (Å²) in [6.45, 7) is -0.248. The van der Waals surface area contributed by atoms with E-state index in [2.05, 4.69) is 5.32 Å². The third kappa shape index (κ3) is 6.17. The molecule has 3 aromatic carbocycles. The summed E-state index contributed by atoms with van der Waals surface area (Å²) in [7, 11) is 1.42. The second kappa shape index (κ2) is 10.6. The topological polar surface area (TPSA) is 90.9 Å². The molecular weight excluding hydrogens is 398 g/mol. The summed E-state index contributed by atoms with van der Waals surface area (Å²) in [6, 6.07) is 22.5. The molecular formula is C24H21NO6. The van der Waals surface area contributed by atoms with Gasteiger partial charge in [0, 0.05) is 0 Å². The lowest BCUT2D eigenvalue weighted by Gasteiger charge is -2.10. The van der Waals surface area contributed by atoms with Gasteiger partial charge < -0.3 is 14.2 Å². The summed E-state index contributed by atoms with van der Waals surface area (Å²) in [6.07, 6.45) is 0. The molecule has 0 aliphatic rings. The van der Waals surface area contributed by atoms with Crippen molar-refractivity contribution in [3.63, 3.8) is 0 Å². The van der Waals surface area contributed by atoms with E-state index in [0.29, 0.717) is 18.1 Å². The third-order valence-electron chi connectivity index (χ3n) is 4.26. The fourth-order valence-electron chi connectivity index (χ4n) is 2.73. The van der Waals surface area contributed by atoms with Crippen molar-refractivity contribution in [1.82, 2.24) is 5.32 Å². The van der Waals surface area contributed by atoms with E-state index in [-0.39, 0.29) is 11.1 Å². The summed E-state index contributed by atoms with van der Waals surface area (Å²) in [4.78, 5) is 36.5. The van der Waals surface area contributed by atoms with Gasteiger partial charge in [-0.3, -0.25) is 14.9 Å². The smallest absolute Gasteiger partial charge is 0.338 e. The standard InChI is InChI=1S/C24H21NO6/c1-29-21-13-6-5-12-20(21)23(27)25-22(26)16-31-24(28)18-10-7-11-19(14-18)30-15-17-8-3-2-4-9-17/h2-14H,15-16H2,1H3,(H,25,26,27). The average Bonchev–Trinajstić information content (AvgIpc) is 2.82. The molecule has 0 radical (unpaired) electrons. The highest BCUT2D eigenvalue weighted by atomic mass is 16.5. The van der Waals surface area contributed by atoms with Gasteiger partial charge in [0.2, 0.25) is 0 Å². The van der Waals surface area contributed by atoms with Gasteiger partial charge in [0.15, 0.2) is 6.61 Å².